The molecule has 0 saturated heterocycles. The fourth-order valence-corrected chi connectivity index (χ4v) is 1.45. The molecule has 0 bridgehead atoms. The molecular formula is C12H26ClN3O3. The molecule has 6 nitrogen and oxygen atoms in total. The molecule has 19 heavy (non-hydrogen) atoms. The van der Waals surface area contributed by atoms with Crippen LogP contribution in [0.3, 0.4) is 0 Å². The number of nitrogens with two attached hydrogens (primary N) is 1. The molecule has 1 unspecified atom stereocenters. The Kier molecular flexibility index (Phi) is 11.9. The summed E-state index contributed by atoms with van der Waals surface area (Å²) in [5.41, 5.74) is 5.48. The molecule has 0 spiro atoms. The fraction of sp³-hybridized carbons (Fsp3) is 0.833. The summed E-state index contributed by atoms with van der Waals surface area (Å²) in [6.45, 7) is 2.95. The first-order valence-electron chi connectivity index (χ1n) is 6.17. The van der Waals surface area contributed by atoms with Crippen LogP contribution in [-0.2, 0) is 14.3 Å². The summed E-state index contributed by atoms with van der Waals surface area (Å²) in [5.74, 6) is -0.178. The lowest BCUT2D eigenvalue weighted by Crippen LogP contribution is -2.42. The number of ether oxygens (including phenoxy) is 1. The largest absolute Gasteiger partial charge is 0.380 e. The van der Waals surface area contributed by atoms with Gasteiger partial charge < -0.3 is 20.3 Å². The molecule has 0 rings (SSSR count). The van der Waals surface area contributed by atoms with Crippen molar-refractivity contribution in [2.45, 2.75) is 25.9 Å². The molecule has 2 N–H and O–H groups in total. The van der Waals surface area contributed by atoms with Crippen molar-refractivity contribution in [3.8, 4) is 0 Å². The van der Waals surface area contributed by atoms with E-state index in [2.05, 4.69) is 0 Å². The van der Waals surface area contributed by atoms with E-state index in [9.17, 15) is 9.59 Å². The van der Waals surface area contributed by atoms with Gasteiger partial charge in [0, 0.05) is 34.3 Å². The van der Waals surface area contributed by atoms with Crippen molar-refractivity contribution < 1.29 is 14.3 Å². The van der Waals surface area contributed by atoms with Gasteiger partial charge in [-0.1, -0.05) is 6.92 Å². The molecule has 1 atom stereocenters. The number of hydrogen-bond acceptors (Lipinski definition) is 4. The van der Waals surface area contributed by atoms with Crippen LogP contribution in [0, 0.1) is 0 Å². The maximum Gasteiger partial charge on any atom is 0.241 e. The van der Waals surface area contributed by atoms with Crippen LogP contribution in [0.25, 0.3) is 0 Å². The third kappa shape index (κ3) is 8.02. The summed E-state index contributed by atoms with van der Waals surface area (Å²) >= 11 is 0. The van der Waals surface area contributed by atoms with Crippen LogP contribution < -0.4 is 5.73 Å². The van der Waals surface area contributed by atoms with Crippen molar-refractivity contribution in [2.24, 2.45) is 5.73 Å². The second kappa shape index (κ2) is 11.0. The summed E-state index contributed by atoms with van der Waals surface area (Å²) < 4.78 is 5.08. The maximum atomic E-state index is 12.0. The van der Waals surface area contributed by atoms with Crippen LogP contribution in [0.2, 0.25) is 0 Å². The SMILES string of the molecule is CCCN(CC(=O)N(C)C)C(=O)CC(CN)OC.Cl. The van der Waals surface area contributed by atoms with Crippen molar-refractivity contribution in [3.05, 3.63) is 0 Å². The second-order valence-corrected chi connectivity index (χ2v) is 4.40. The predicted octanol–water partition coefficient (Wildman–Crippen LogP) is 0.0988. The van der Waals surface area contributed by atoms with E-state index in [0.717, 1.165) is 6.42 Å². The van der Waals surface area contributed by atoms with Crippen LogP contribution in [0.4, 0.5) is 0 Å². The average molecular weight is 296 g/mol. The number of amides is 2. The van der Waals surface area contributed by atoms with Gasteiger partial charge in [0.2, 0.25) is 11.8 Å². The van der Waals surface area contributed by atoms with E-state index in [0.29, 0.717) is 13.1 Å². The van der Waals surface area contributed by atoms with Gasteiger partial charge >= 0.3 is 0 Å². The van der Waals surface area contributed by atoms with Gasteiger partial charge in [0.1, 0.15) is 0 Å². The lowest BCUT2D eigenvalue weighted by atomic mass is 10.2. The number of likely N-dealkylation sites (N-methyl/N-ethyl adjacent to an activating group) is 1. The number of hydrogen-bond donors (Lipinski definition) is 1. The third-order valence-corrected chi connectivity index (χ3v) is 2.67. The number of nitrogens with zero attached hydrogens (tertiary/aromatic N) is 2. The molecule has 0 radical (unpaired) electrons. The van der Waals surface area contributed by atoms with Gasteiger partial charge in [-0.05, 0) is 6.42 Å². The Balaban J connectivity index is 0. The first-order chi connectivity index (χ1) is 8.46. The molecule has 0 aliphatic carbocycles. The van der Waals surface area contributed by atoms with E-state index in [4.69, 9.17) is 10.5 Å². The zero-order valence-electron chi connectivity index (χ0n) is 12.2. The normalized spacial score (nSPS) is 11.4. The molecule has 0 heterocycles. The Morgan fingerprint density at radius 2 is 1.84 bits per heavy atom. The van der Waals surface area contributed by atoms with Crippen molar-refractivity contribution >= 4 is 24.2 Å². The van der Waals surface area contributed by atoms with Crippen LogP contribution >= 0.6 is 12.4 Å². The van der Waals surface area contributed by atoms with E-state index >= 15 is 0 Å². The number of rotatable bonds is 8. The molecule has 114 valence electrons. The first-order valence-corrected chi connectivity index (χ1v) is 6.17. The summed E-state index contributed by atoms with van der Waals surface area (Å²) in [5, 5.41) is 0. The van der Waals surface area contributed by atoms with E-state index in [1.807, 2.05) is 6.92 Å². The zero-order valence-corrected chi connectivity index (χ0v) is 13.0. The molecule has 2 amide bonds. The Bertz CT molecular complexity index is 271. The van der Waals surface area contributed by atoms with Crippen LogP contribution in [0.15, 0.2) is 0 Å². The third-order valence-electron chi connectivity index (χ3n) is 2.67. The number of methoxy groups -OCH3 is 1. The lowest BCUT2D eigenvalue weighted by Gasteiger charge is -2.25. The molecule has 0 aliphatic heterocycles. The summed E-state index contributed by atoms with van der Waals surface area (Å²) in [4.78, 5) is 26.7. The van der Waals surface area contributed by atoms with Gasteiger partial charge in [0.05, 0.1) is 19.1 Å². The highest BCUT2D eigenvalue weighted by molar-refractivity contribution is 5.85. The standard InChI is InChI=1S/C12H25N3O3.ClH/c1-5-6-15(9-12(17)14(2)3)11(16)7-10(8-13)18-4;/h10H,5-9,13H2,1-4H3;1H. The minimum absolute atomic E-state index is 0. The van der Waals surface area contributed by atoms with Gasteiger partial charge in [-0.25, -0.2) is 0 Å². The highest BCUT2D eigenvalue weighted by Crippen LogP contribution is 2.03. The van der Waals surface area contributed by atoms with E-state index in [1.54, 1.807) is 19.0 Å². The van der Waals surface area contributed by atoms with Crippen molar-refractivity contribution in [1.29, 1.82) is 0 Å². The Hall–Kier alpha value is -0.850. The van der Waals surface area contributed by atoms with Crippen LogP contribution in [0.5, 0.6) is 0 Å². The number of carbonyl (C=O) groups is 2. The molecule has 0 saturated carbocycles. The second-order valence-electron chi connectivity index (χ2n) is 4.40. The average Bonchev–Trinajstić information content (AvgIpc) is 2.34. The fourth-order valence-electron chi connectivity index (χ4n) is 1.45. The molecule has 7 heteroatoms. The smallest absolute Gasteiger partial charge is 0.241 e. The molecule has 0 aromatic heterocycles. The van der Waals surface area contributed by atoms with Gasteiger partial charge in [0.25, 0.3) is 0 Å². The van der Waals surface area contributed by atoms with E-state index in [-0.39, 0.29) is 43.3 Å². The van der Waals surface area contributed by atoms with Gasteiger partial charge in [-0.2, -0.15) is 0 Å². The summed E-state index contributed by atoms with van der Waals surface area (Å²) in [6.07, 6.45) is 0.742. The minimum atomic E-state index is -0.286. The van der Waals surface area contributed by atoms with Gasteiger partial charge in [-0.3, -0.25) is 9.59 Å². The van der Waals surface area contributed by atoms with Crippen LogP contribution in [-0.4, -0.2) is 68.6 Å². The monoisotopic (exact) mass is 295 g/mol. The highest BCUT2D eigenvalue weighted by atomic mass is 35.5. The van der Waals surface area contributed by atoms with Gasteiger partial charge in [-0.15, -0.1) is 12.4 Å². The Morgan fingerprint density at radius 3 is 2.21 bits per heavy atom. The zero-order chi connectivity index (χ0) is 14.1. The lowest BCUT2D eigenvalue weighted by molar-refractivity contribution is -0.140. The summed E-state index contributed by atoms with van der Waals surface area (Å²) in [7, 11) is 4.88. The van der Waals surface area contributed by atoms with Gasteiger partial charge in [0.15, 0.2) is 0 Å². The number of halogens is 1. The topological polar surface area (TPSA) is 75.9 Å². The molecule has 0 fully saturated rings. The Labute approximate surface area is 121 Å². The quantitative estimate of drug-likeness (QED) is 0.689. The molecular weight excluding hydrogens is 270 g/mol. The molecule has 0 aromatic carbocycles. The van der Waals surface area contributed by atoms with Crippen LogP contribution in [0.1, 0.15) is 19.8 Å². The van der Waals surface area contributed by atoms with E-state index < -0.39 is 0 Å². The molecule has 0 aromatic rings. The van der Waals surface area contributed by atoms with E-state index in [1.165, 1.54) is 12.0 Å². The predicted molar refractivity (Wildman–Crippen MR) is 77.3 cm³/mol. The minimum Gasteiger partial charge on any atom is -0.380 e. The number of carbonyl (C=O) groups excluding carboxylic acids is 2. The highest BCUT2D eigenvalue weighted by Gasteiger charge is 2.20. The molecule has 0 aliphatic rings. The Morgan fingerprint density at radius 1 is 1.26 bits per heavy atom. The van der Waals surface area contributed by atoms with Crippen molar-refractivity contribution in [2.75, 3.05) is 40.8 Å². The first kappa shape index (κ1) is 20.5. The van der Waals surface area contributed by atoms with Crippen molar-refractivity contribution in [3.63, 3.8) is 0 Å². The summed E-state index contributed by atoms with van der Waals surface area (Å²) in [6, 6.07) is 0. The van der Waals surface area contributed by atoms with Crippen molar-refractivity contribution in [1.82, 2.24) is 9.80 Å². The maximum absolute atomic E-state index is 12.0.